The molecule has 0 heterocycles. The van der Waals surface area contributed by atoms with Crippen LogP contribution in [0.25, 0.3) is 5.57 Å². The zero-order chi connectivity index (χ0) is 15.5. The first-order chi connectivity index (χ1) is 9.12. The van der Waals surface area contributed by atoms with Crippen molar-refractivity contribution in [2.24, 2.45) is 0 Å². The Morgan fingerprint density at radius 1 is 1.25 bits per heavy atom. The van der Waals surface area contributed by atoms with Crippen LogP contribution >= 0.6 is 0 Å². The highest BCUT2D eigenvalue weighted by molar-refractivity contribution is 5.66. The molecule has 1 rings (SSSR count). The summed E-state index contributed by atoms with van der Waals surface area (Å²) in [5, 5.41) is 0. The van der Waals surface area contributed by atoms with Crippen LogP contribution in [-0.4, -0.2) is 12.7 Å². The van der Waals surface area contributed by atoms with Gasteiger partial charge in [-0.3, -0.25) is 0 Å². The van der Waals surface area contributed by atoms with Crippen LogP contribution in [0.5, 0.6) is 0 Å². The van der Waals surface area contributed by atoms with Crippen molar-refractivity contribution in [3.8, 4) is 0 Å². The first-order valence-corrected chi connectivity index (χ1v) is 6.69. The van der Waals surface area contributed by atoms with Crippen LogP contribution < -0.4 is 4.90 Å². The molecular weight excluding hydrogens is 249 g/mol. The second-order valence-corrected chi connectivity index (χ2v) is 5.70. The molecule has 108 valence electrons. The number of halogens is 1. The molecule has 0 N–H and O–H groups in total. The van der Waals surface area contributed by atoms with Gasteiger partial charge in [-0.2, -0.15) is 0 Å². The molecule has 20 heavy (non-hydrogen) atoms. The van der Waals surface area contributed by atoms with Gasteiger partial charge < -0.3 is 4.90 Å². The molecule has 0 fully saturated rings. The van der Waals surface area contributed by atoms with Crippen LogP contribution in [0.2, 0.25) is 0 Å². The van der Waals surface area contributed by atoms with Crippen LogP contribution in [0.15, 0.2) is 54.8 Å². The molecule has 0 unspecified atom stereocenters. The topological polar surface area (TPSA) is 3.24 Å². The Balaban J connectivity index is 3.01. The molecule has 1 nitrogen and oxygen atoms in total. The van der Waals surface area contributed by atoms with Gasteiger partial charge in [0.25, 0.3) is 0 Å². The van der Waals surface area contributed by atoms with E-state index in [9.17, 15) is 4.39 Å². The molecule has 0 atom stereocenters. The minimum Gasteiger partial charge on any atom is -0.351 e. The molecule has 2 heteroatoms. The van der Waals surface area contributed by atoms with Gasteiger partial charge in [-0.15, -0.1) is 0 Å². The van der Waals surface area contributed by atoms with Gasteiger partial charge in [0.15, 0.2) is 0 Å². The third-order valence-corrected chi connectivity index (χ3v) is 3.33. The SMILES string of the molecule is C=C(C)c1cccc(N(C)/C=C(/C)C(=C)C(C)(C)F)c1. The first kappa shape index (κ1) is 16.2. The van der Waals surface area contributed by atoms with Crippen molar-refractivity contribution in [2.45, 2.75) is 33.4 Å². The summed E-state index contributed by atoms with van der Waals surface area (Å²) >= 11 is 0. The molecule has 1 aromatic rings. The normalized spacial score (nSPS) is 12.2. The van der Waals surface area contributed by atoms with Gasteiger partial charge in [-0.05, 0) is 56.5 Å². The summed E-state index contributed by atoms with van der Waals surface area (Å²) in [6.45, 7) is 14.7. The molecule has 0 spiro atoms. The number of rotatable bonds is 5. The summed E-state index contributed by atoms with van der Waals surface area (Å²) in [5.41, 5.74) is 3.09. The molecule has 0 aliphatic rings. The standard InChI is InChI=1S/C18H24FN/c1-13(2)16-9-8-10-17(11-16)20(7)12-14(3)15(4)18(5,6)19/h8-12H,1,4H2,2-3,5-7H3/b14-12-. The lowest BCUT2D eigenvalue weighted by Crippen LogP contribution is -2.18. The Labute approximate surface area is 122 Å². The summed E-state index contributed by atoms with van der Waals surface area (Å²) < 4.78 is 13.9. The Morgan fingerprint density at radius 2 is 1.85 bits per heavy atom. The van der Waals surface area contributed by atoms with Gasteiger partial charge in [0, 0.05) is 18.9 Å². The van der Waals surface area contributed by atoms with Gasteiger partial charge in [0.05, 0.1) is 0 Å². The Morgan fingerprint density at radius 3 is 2.35 bits per heavy atom. The van der Waals surface area contributed by atoms with Gasteiger partial charge in [0.2, 0.25) is 0 Å². The van der Waals surface area contributed by atoms with Gasteiger partial charge in [0.1, 0.15) is 5.67 Å². The molecule has 0 saturated heterocycles. The largest absolute Gasteiger partial charge is 0.351 e. The number of anilines is 1. The van der Waals surface area contributed by atoms with E-state index in [1.165, 1.54) is 13.8 Å². The Kier molecular flexibility index (Phi) is 4.93. The van der Waals surface area contributed by atoms with Gasteiger partial charge >= 0.3 is 0 Å². The Bertz CT molecular complexity index is 547. The summed E-state index contributed by atoms with van der Waals surface area (Å²) in [6, 6.07) is 8.10. The van der Waals surface area contributed by atoms with Crippen LogP contribution in [0, 0.1) is 0 Å². The molecule has 0 amide bonds. The zero-order valence-corrected chi connectivity index (χ0v) is 13.1. The van der Waals surface area contributed by atoms with E-state index >= 15 is 0 Å². The molecule has 0 aromatic heterocycles. The van der Waals surface area contributed by atoms with Crippen LogP contribution in [0.3, 0.4) is 0 Å². The summed E-state index contributed by atoms with van der Waals surface area (Å²) in [4.78, 5) is 1.97. The molecular formula is C18H24FN. The average molecular weight is 273 g/mol. The summed E-state index contributed by atoms with van der Waals surface area (Å²) in [6.07, 6.45) is 1.90. The van der Waals surface area contributed by atoms with E-state index in [-0.39, 0.29) is 0 Å². The average Bonchev–Trinajstić information content (AvgIpc) is 2.36. The van der Waals surface area contributed by atoms with Crippen LogP contribution in [-0.2, 0) is 0 Å². The quantitative estimate of drug-likeness (QED) is 0.652. The van der Waals surface area contributed by atoms with E-state index in [1.54, 1.807) is 0 Å². The number of hydrogen-bond acceptors (Lipinski definition) is 1. The molecule has 1 aromatic carbocycles. The maximum atomic E-state index is 13.9. The van der Waals surface area contributed by atoms with Gasteiger partial charge in [-0.1, -0.05) is 30.9 Å². The zero-order valence-electron chi connectivity index (χ0n) is 13.1. The fourth-order valence-electron chi connectivity index (χ4n) is 1.90. The van der Waals surface area contributed by atoms with Crippen molar-refractivity contribution in [1.29, 1.82) is 0 Å². The van der Waals surface area contributed by atoms with E-state index in [0.717, 1.165) is 22.4 Å². The number of benzene rings is 1. The monoisotopic (exact) mass is 273 g/mol. The second kappa shape index (κ2) is 6.08. The summed E-state index contributed by atoms with van der Waals surface area (Å²) in [7, 11) is 1.94. The molecule has 0 aliphatic carbocycles. The highest BCUT2D eigenvalue weighted by Gasteiger charge is 2.21. The number of hydrogen-bond donors (Lipinski definition) is 0. The molecule has 0 saturated carbocycles. The van der Waals surface area contributed by atoms with E-state index in [4.69, 9.17) is 0 Å². The first-order valence-electron chi connectivity index (χ1n) is 6.69. The minimum atomic E-state index is -1.40. The van der Waals surface area contributed by atoms with Crippen molar-refractivity contribution in [1.82, 2.24) is 0 Å². The van der Waals surface area contributed by atoms with Crippen molar-refractivity contribution < 1.29 is 4.39 Å². The fraction of sp³-hybridized carbons (Fsp3) is 0.333. The van der Waals surface area contributed by atoms with Crippen molar-refractivity contribution in [3.05, 3.63) is 60.3 Å². The van der Waals surface area contributed by atoms with Crippen molar-refractivity contribution >= 4 is 11.3 Å². The maximum absolute atomic E-state index is 13.9. The van der Waals surface area contributed by atoms with Crippen molar-refractivity contribution in [3.63, 3.8) is 0 Å². The number of alkyl halides is 1. The maximum Gasteiger partial charge on any atom is 0.130 e. The lowest BCUT2D eigenvalue weighted by Gasteiger charge is -2.22. The predicted octanol–water partition coefficient (Wildman–Crippen LogP) is 5.36. The van der Waals surface area contributed by atoms with Crippen molar-refractivity contribution in [2.75, 3.05) is 11.9 Å². The summed E-state index contributed by atoms with van der Waals surface area (Å²) in [5.74, 6) is 0. The lowest BCUT2D eigenvalue weighted by molar-refractivity contribution is 0.272. The minimum absolute atomic E-state index is 0.500. The van der Waals surface area contributed by atoms with Crippen LogP contribution in [0.4, 0.5) is 10.1 Å². The molecule has 0 aliphatic heterocycles. The lowest BCUT2D eigenvalue weighted by atomic mass is 9.96. The van der Waals surface area contributed by atoms with Gasteiger partial charge in [-0.25, -0.2) is 4.39 Å². The van der Waals surface area contributed by atoms with E-state index in [2.05, 4.69) is 19.2 Å². The number of nitrogens with zero attached hydrogens (tertiary/aromatic N) is 1. The highest BCUT2D eigenvalue weighted by atomic mass is 19.1. The predicted molar refractivity (Wildman–Crippen MR) is 87.6 cm³/mol. The van der Waals surface area contributed by atoms with Crippen LogP contribution in [0.1, 0.15) is 33.3 Å². The number of allylic oxidation sites excluding steroid dienone is 3. The Hall–Kier alpha value is -1.83. The molecule has 0 bridgehead atoms. The second-order valence-electron chi connectivity index (χ2n) is 5.70. The third kappa shape index (κ3) is 4.09. The fourth-order valence-corrected chi connectivity index (χ4v) is 1.90. The van der Waals surface area contributed by atoms with E-state index in [0.29, 0.717) is 5.57 Å². The molecule has 0 radical (unpaired) electrons. The van der Waals surface area contributed by atoms with E-state index in [1.807, 2.05) is 50.2 Å². The third-order valence-electron chi connectivity index (χ3n) is 3.33. The van der Waals surface area contributed by atoms with E-state index < -0.39 is 5.67 Å². The highest BCUT2D eigenvalue weighted by Crippen LogP contribution is 2.27. The smallest absolute Gasteiger partial charge is 0.130 e.